The van der Waals surface area contributed by atoms with E-state index in [1.807, 2.05) is 6.07 Å². The van der Waals surface area contributed by atoms with Gasteiger partial charge in [-0.3, -0.25) is 4.79 Å². The van der Waals surface area contributed by atoms with Gasteiger partial charge < -0.3 is 4.90 Å². The van der Waals surface area contributed by atoms with E-state index in [2.05, 4.69) is 0 Å². The highest BCUT2D eigenvalue weighted by Gasteiger charge is 2.20. The Hall–Kier alpha value is -1.60. The third-order valence-electron chi connectivity index (χ3n) is 2.54. The van der Waals surface area contributed by atoms with Crippen molar-refractivity contribution < 1.29 is 9.18 Å². The lowest BCUT2D eigenvalue weighted by atomic mass is 10.1. The van der Waals surface area contributed by atoms with E-state index in [0.717, 1.165) is 6.07 Å². The molecule has 0 saturated heterocycles. The Bertz CT molecular complexity index is 484. The fourth-order valence-electron chi connectivity index (χ4n) is 1.56. The first-order valence-corrected chi connectivity index (χ1v) is 6.01. The van der Waals surface area contributed by atoms with Gasteiger partial charge in [0.15, 0.2) is 0 Å². The van der Waals surface area contributed by atoms with E-state index < -0.39 is 11.7 Å². The van der Waals surface area contributed by atoms with Crippen LogP contribution in [0.15, 0.2) is 18.2 Å². The summed E-state index contributed by atoms with van der Waals surface area (Å²) in [6.45, 7) is 4.18. The molecule has 5 heteroatoms. The topological polar surface area (TPSA) is 44.1 Å². The zero-order chi connectivity index (χ0) is 13.7. The van der Waals surface area contributed by atoms with Crippen molar-refractivity contribution in [1.82, 2.24) is 4.90 Å². The monoisotopic (exact) mass is 268 g/mol. The van der Waals surface area contributed by atoms with Crippen LogP contribution in [0, 0.1) is 23.1 Å². The van der Waals surface area contributed by atoms with Gasteiger partial charge in [0.25, 0.3) is 5.91 Å². The van der Waals surface area contributed by atoms with E-state index in [4.69, 9.17) is 16.9 Å². The van der Waals surface area contributed by atoms with Gasteiger partial charge in [0.1, 0.15) is 5.82 Å². The van der Waals surface area contributed by atoms with Crippen LogP contribution >= 0.6 is 11.6 Å². The van der Waals surface area contributed by atoms with Crippen molar-refractivity contribution in [3.8, 4) is 6.07 Å². The minimum absolute atomic E-state index is 0.0607. The van der Waals surface area contributed by atoms with Gasteiger partial charge in [-0.2, -0.15) is 5.26 Å². The zero-order valence-electron chi connectivity index (χ0n) is 10.3. The number of carbonyl (C=O) groups is 1. The second kappa shape index (κ2) is 6.36. The molecule has 3 nitrogen and oxygen atoms in total. The lowest BCUT2D eigenvalue weighted by Crippen LogP contribution is -2.34. The second-order valence-corrected chi connectivity index (χ2v) is 4.43. The number of nitrogens with zero attached hydrogens (tertiary/aromatic N) is 2. The molecule has 18 heavy (non-hydrogen) atoms. The summed E-state index contributed by atoms with van der Waals surface area (Å²) in [5.41, 5.74) is -0.0607. The second-order valence-electron chi connectivity index (χ2n) is 4.00. The molecule has 0 saturated carbocycles. The van der Waals surface area contributed by atoms with Gasteiger partial charge >= 0.3 is 0 Å². The zero-order valence-corrected chi connectivity index (χ0v) is 11.0. The fourth-order valence-corrected chi connectivity index (χ4v) is 1.73. The molecule has 0 heterocycles. The average Bonchev–Trinajstić information content (AvgIpc) is 2.37. The van der Waals surface area contributed by atoms with Crippen LogP contribution in [-0.2, 0) is 0 Å². The molecule has 0 aliphatic carbocycles. The molecular formula is C13H14ClFN2O. The number of hydrogen-bond acceptors (Lipinski definition) is 2. The van der Waals surface area contributed by atoms with Crippen LogP contribution < -0.4 is 0 Å². The number of carbonyl (C=O) groups excluding carboxylic acids is 1. The molecule has 1 unspecified atom stereocenters. The number of amides is 1. The van der Waals surface area contributed by atoms with Crippen molar-refractivity contribution >= 4 is 17.5 Å². The summed E-state index contributed by atoms with van der Waals surface area (Å²) in [5.74, 6) is -1.34. The molecular weight excluding hydrogens is 255 g/mol. The molecule has 0 N–H and O–H groups in total. The van der Waals surface area contributed by atoms with Crippen molar-refractivity contribution in [1.29, 1.82) is 5.26 Å². The summed E-state index contributed by atoms with van der Waals surface area (Å²) in [6.07, 6.45) is 0. The van der Waals surface area contributed by atoms with Crippen molar-refractivity contribution in [3.63, 3.8) is 0 Å². The van der Waals surface area contributed by atoms with Crippen LogP contribution in [-0.4, -0.2) is 23.9 Å². The van der Waals surface area contributed by atoms with Crippen LogP contribution in [0.5, 0.6) is 0 Å². The molecule has 0 aromatic heterocycles. The summed E-state index contributed by atoms with van der Waals surface area (Å²) >= 11 is 5.75. The SMILES string of the molecule is CCN(CC(C)C#N)C(=O)c1cc(Cl)ccc1F. The molecule has 0 spiro atoms. The van der Waals surface area contributed by atoms with Crippen LogP contribution in [0.1, 0.15) is 24.2 Å². The Morgan fingerprint density at radius 2 is 2.28 bits per heavy atom. The van der Waals surface area contributed by atoms with Crippen LogP contribution in [0.25, 0.3) is 0 Å². The summed E-state index contributed by atoms with van der Waals surface area (Å²) in [7, 11) is 0. The Morgan fingerprint density at radius 3 is 2.83 bits per heavy atom. The summed E-state index contributed by atoms with van der Waals surface area (Å²) in [5, 5.41) is 9.06. The third kappa shape index (κ3) is 3.44. The number of hydrogen-bond donors (Lipinski definition) is 0. The van der Waals surface area contributed by atoms with Crippen molar-refractivity contribution in [2.75, 3.05) is 13.1 Å². The first kappa shape index (κ1) is 14.5. The van der Waals surface area contributed by atoms with Gasteiger partial charge in [-0.1, -0.05) is 11.6 Å². The summed E-state index contributed by atoms with van der Waals surface area (Å²) in [4.78, 5) is 13.6. The predicted molar refractivity (Wildman–Crippen MR) is 67.8 cm³/mol. The molecule has 96 valence electrons. The maximum absolute atomic E-state index is 13.6. The summed E-state index contributed by atoms with van der Waals surface area (Å²) in [6, 6.07) is 5.91. The van der Waals surface area contributed by atoms with Crippen LogP contribution in [0.3, 0.4) is 0 Å². The first-order chi connectivity index (χ1) is 8.49. The predicted octanol–water partition coefficient (Wildman–Crippen LogP) is 3.10. The largest absolute Gasteiger partial charge is 0.338 e. The van der Waals surface area contributed by atoms with Gasteiger partial charge in [-0.05, 0) is 32.0 Å². The fraction of sp³-hybridized carbons (Fsp3) is 0.385. The van der Waals surface area contributed by atoms with E-state index in [0.29, 0.717) is 11.6 Å². The van der Waals surface area contributed by atoms with Gasteiger partial charge in [-0.25, -0.2) is 4.39 Å². The standard InChI is InChI=1S/C13H14ClFN2O/c1-3-17(8-9(2)7-16)13(18)11-6-10(14)4-5-12(11)15/h4-6,9H,3,8H2,1-2H3. The van der Waals surface area contributed by atoms with E-state index in [9.17, 15) is 9.18 Å². The molecule has 1 aromatic rings. The molecule has 1 rings (SSSR count). The number of halogens is 2. The minimum Gasteiger partial charge on any atom is -0.338 e. The highest BCUT2D eigenvalue weighted by molar-refractivity contribution is 6.30. The van der Waals surface area contributed by atoms with Crippen LogP contribution in [0.2, 0.25) is 5.02 Å². The van der Waals surface area contributed by atoms with E-state index in [-0.39, 0.29) is 18.0 Å². The molecule has 1 atom stereocenters. The maximum atomic E-state index is 13.6. The van der Waals surface area contributed by atoms with Gasteiger partial charge in [-0.15, -0.1) is 0 Å². The molecule has 0 aliphatic rings. The first-order valence-electron chi connectivity index (χ1n) is 5.63. The number of rotatable bonds is 4. The third-order valence-corrected chi connectivity index (χ3v) is 2.78. The minimum atomic E-state index is -0.604. The van der Waals surface area contributed by atoms with Crippen molar-refractivity contribution in [2.24, 2.45) is 5.92 Å². The van der Waals surface area contributed by atoms with E-state index >= 15 is 0 Å². The normalized spacial score (nSPS) is 11.7. The van der Waals surface area contributed by atoms with Gasteiger partial charge in [0, 0.05) is 18.1 Å². The Kier molecular flexibility index (Phi) is 5.11. The molecule has 0 aliphatic heterocycles. The lowest BCUT2D eigenvalue weighted by molar-refractivity contribution is 0.0748. The summed E-state index contributed by atoms with van der Waals surface area (Å²) < 4.78 is 13.6. The molecule has 1 amide bonds. The molecule has 1 aromatic carbocycles. The Balaban J connectivity index is 2.97. The van der Waals surface area contributed by atoms with E-state index in [1.54, 1.807) is 13.8 Å². The van der Waals surface area contributed by atoms with Crippen molar-refractivity contribution in [3.05, 3.63) is 34.6 Å². The average molecular weight is 269 g/mol. The maximum Gasteiger partial charge on any atom is 0.256 e. The molecule has 0 bridgehead atoms. The van der Waals surface area contributed by atoms with Gasteiger partial charge in [0.2, 0.25) is 0 Å². The Morgan fingerprint density at radius 1 is 1.61 bits per heavy atom. The Labute approximate surface area is 111 Å². The molecule has 0 fully saturated rings. The number of benzene rings is 1. The lowest BCUT2D eigenvalue weighted by Gasteiger charge is -2.22. The smallest absolute Gasteiger partial charge is 0.256 e. The quantitative estimate of drug-likeness (QED) is 0.842. The van der Waals surface area contributed by atoms with Crippen molar-refractivity contribution in [2.45, 2.75) is 13.8 Å². The van der Waals surface area contributed by atoms with Gasteiger partial charge in [0.05, 0.1) is 17.6 Å². The van der Waals surface area contributed by atoms with Crippen LogP contribution in [0.4, 0.5) is 4.39 Å². The van der Waals surface area contributed by atoms with E-state index in [1.165, 1.54) is 17.0 Å². The highest BCUT2D eigenvalue weighted by atomic mass is 35.5. The molecule has 0 radical (unpaired) electrons. The highest BCUT2D eigenvalue weighted by Crippen LogP contribution is 2.17. The number of nitriles is 1.